The standard InChI is InChI=1S/C16H12N4O3S2/c24-15-19-18-14(22-15)9-25-16-20-17-13(23-16)8-21-12-7-3-5-10-4-1-2-6-11(10)12/h1-7H,8-9H2,(H,19,24). The van der Waals surface area contributed by atoms with E-state index in [1.54, 1.807) is 0 Å². The monoisotopic (exact) mass is 372 g/mol. The molecule has 0 unspecified atom stereocenters. The molecule has 0 aliphatic rings. The first-order chi connectivity index (χ1) is 12.3. The minimum atomic E-state index is 0.199. The van der Waals surface area contributed by atoms with Crippen LogP contribution in [0.4, 0.5) is 0 Å². The van der Waals surface area contributed by atoms with Crippen LogP contribution in [-0.4, -0.2) is 20.4 Å². The number of aromatic nitrogens is 4. The van der Waals surface area contributed by atoms with Crippen molar-refractivity contribution in [1.82, 2.24) is 20.4 Å². The predicted octanol–water partition coefficient (Wildman–Crippen LogP) is 4.14. The second-order valence-electron chi connectivity index (χ2n) is 5.02. The number of thioether (sulfide) groups is 1. The molecule has 7 nitrogen and oxygen atoms in total. The molecule has 2 heterocycles. The van der Waals surface area contributed by atoms with Crippen molar-refractivity contribution < 1.29 is 13.6 Å². The molecular formula is C16H12N4O3S2. The van der Waals surface area contributed by atoms with Crippen LogP contribution in [0.15, 0.2) is 56.5 Å². The van der Waals surface area contributed by atoms with Gasteiger partial charge in [-0.3, -0.25) is 0 Å². The number of rotatable bonds is 6. The van der Waals surface area contributed by atoms with Gasteiger partial charge in [0.25, 0.3) is 16.0 Å². The number of hydrogen-bond donors (Lipinski definition) is 1. The molecule has 0 spiro atoms. The molecule has 126 valence electrons. The molecule has 0 saturated carbocycles. The molecule has 0 saturated heterocycles. The van der Waals surface area contributed by atoms with Crippen LogP contribution in [0.5, 0.6) is 5.75 Å². The number of benzene rings is 2. The molecule has 4 aromatic rings. The Morgan fingerprint density at radius 3 is 2.80 bits per heavy atom. The first kappa shape index (κ1) is 15.9. The summed E-state index contributed by atoms with van der Waals surface area (Å²) < 4.78 is 16.6. The van der Waals surface area contributed by atoms with Crippen LogP contribution in [0.25, 0.3) is 10.8 Å². The number of H-pyrrole nitrogens is 1. The SMILES string of the molecule is S=c1[nH]nc(CSc2nnc(COc3cccc4ccccc34)o2)o1. The molecule has 0 bridgehead atoms. The molecule has 2 aromatic carbocycles. The van der Waals surface area contributed by atoms with E-state index < -0.39 is 0 Å². The normalized spacial score (nSPS) is 11.0. The van der Waals surface area contributed by atoms with E-state index in [9.17, 15) is 0 Å². The summed E-state index contributed by atoms with van der Waals surface area (Å²) in [5, 5.41) is 17.0. The van der Waals surface area contributed by atoms with Crippen LogP contribution >= 0.6 is 24.0 Å². The van der Waals surface area contributed by atoms with Crippen molar-refractivity contribution in [2.24, 2.45) is 0 Å². The molecule has 4 rings (SSSR count). The van der Waals surface area contributed by atoms with Gasteiger partial charge in [-0.1, -0.05) is 48.2 Å². The highest BCUT2D eigenvalue weighted by molar-refractivity contribution is 7.98. The van der Waals surface area contributed by atoms with Gasteiger partial charge in [0.1, 0.15) is 5.75 Å². The summed E-state index contributed by atoms with van der Waals surface area (Å²) in [6.07, 6.45) is 0. The third-order valence-electron chi connectivity index (χ3n) is 3.35. The summed E-state index contributed by atoms with van der Waals surface area (Å²) >= 11 is 6.13. The molecule has 0 radical (unpaired) electrons. The van der Waals surface area contributed by atoms with E-state index in [2.05, 4.69) is 20.4 Å². The van der Waals surface area contributed by atoms with E-state index in [1.165, 1.54) is 11.8 Å². The quantitative estimate of drug-likeness (QED) is 0.399. The lowest BCUT2D eigenvalue weighted by Crippen LogP contribution is -1.96. The number of hydrogen-bond acceptors (Lipinski definition) is 8. The Kier molecular flexibility index (Phi) is 4.49. The van der Waals surface area contributed by atoms with Gasteiger partial charge in [0.05, 0.1) is 5.75 Å². The summed E-state index contributed by atoms with van der Waals surface area (Å²) in [4.78, 5) is 0.241. The minimum absolute atomic E-state index is 0.199. The van der Waals surface area contributed by atoms with Crippen molar-refractivity contribution in [3.63, 3.8) is 0 Å². The Hall–Kier alpha value is -2.65. The molecule has 0 fully saturated rings. The third-order valence-corrected chi connectivity index (χ3v) is 4.33. The molecular weight excluding hydrogens is 360 g/mol. The van der Waals surface area contributed by atoms with Gasteiger partial charge < -0.3 is 13.6 Å². The summed E-state index contributed by atoms with van der Waals surface area (Å²) in [5.74, 6) is 2.10. The van der Waals surface area contributed by atoms with Gasteiger partial charge in [-0.2, -0.15) is 0 Å². The van der Waals surface area contributed by atoms with E-state index in [0.717, 1.165) is 16.5 Å². The fourth-order valence-electron chi connectivity index (χ4n) is 2.26. The second kappa shape index (κ2) is 7.08. The Balaban J connectivity index is 1.40. The zero-order valence-corrected chi connectivity index (χ0v) is 14.5. The Labute approximate surface area is 151 Å². The summed E-state index contributed by atoms with van der Waals surface area (Å²) in [6, 6.07) is 13.9. The first-order valence-corrected chi connectivity index (χ1v) is 8.77. The highest BCUT2D eigenvalue weighted by Crippen LogP contribution is 2.26. The van der Waals surface area contributed by atoms with Crippen molar-refractivity contribution in [1.29, 1.82) is 0 Å². The number of ether oxygens (including phenoxy) is 1. The lowest BCUT2D eigenvalue weighted by Gasteiger charge is -2.07. The molecule has 0 amide bonds. The van der Waals surface area contributed by atoms with E-state index in [4.69, 9.17) is 25.8 Å². The molecule has 25 heavy (non-hydrogen) atoms. The van der Waals surface area contributed by atoms with Gasteiger partial charge >= 0.3 is 0 Å². The highest BCUT2D eigenvalue weighted by Gasteiger charge is 2.10. The van der Waals surface area contributed by atoms with Crippen LogP contribution < -0.4 is 4.74 Å². The average molecular weight is 372 g/mol. The molecule has 0 aliphatic heterocycles. The van der Waals surface area contributed by atoms with Crippen molar-refractivity contribution in [2.75, 3.05) is 0 Å². The lowest BCUT2D eigenvalue weighted by molar-refractivity contribution is 0.254. The van der Waals surface area contributed by atoms with Crippen LogP contribution in [-0.2, 0) is 12.4 Å². The third kappa shape index (κ3) is 3.72. The van der Waals surface area contributed by atoms with Crippen LogP contribution in [0.3, 0.4) is 0 Å². The largest absolute Gasteiger partial charge is 0.483 e. The van der Waals surface area contributed by atoms with Gasteiger partial charge in [-0.15, -0.1) is 15.3 Å². The zero-order valence-electron chi connectivity index (χ0n) is 12.8. The van der Waals surface area contributed by atoms with E-state index in [-0.39, 0.29) is 11.4 Å². The average Bonchev–Trinajstić information content (AvgIpc) is 3.27. The van der Waals surface area contributed by atoms with Gasteiger partial charge in [0, 0.05) is 5.39 Å². The Bertz CT molecular complexity index is 1050. The number of aromatic amines is 1. The highest BCUT2D eigenvalue weighted by atomic mass is 32.2. The van der Waals surface area contributed by atoms with Crippen molar-refractivity contribution in [2.45, 2.75) is 17.6 Å². The second-order valence-corrected chi connectivity index (χ2v) is 6.32. The smallest absolute Gasteiger partial charge is 0.284 e. The maximum absolute atomic E-state index is 5.83. The number of nitrogens with zero attached hydrogens (tertiary/aromatic N) is 3. The van der Waals surface area contributed by atoms with E-state index >= 15 is 0 Å². The van der Waals surface area contributed by atoms with Crippen LogP contribution in [0.1, 0.15) is 11.8 Å². The van der Waals surface area contributed by atoms with E-state index in [1.807, 2.05) is 42.5 Å². The van der Waals surface area contributed by atoms with Crippen LogP contribution in [0.2, 0.25) is 0 Å². The fraction of sp³-hybridized carbons (Fsp3) is 0.125. The Morgan fingerprint density at radius 2 is 1.92 bits per heavy atom. The van der Waals surface area contributed by atoms with Gasteiger partial charge in [-0.25, -0.2) is 5.10 Å². The number of fused-ring (bicyclic) bond motifs is 1. The lowest BCUT2D eigenvalue weighted by atomic mass is 10.1. The van der Waals surface area contributed by atoms with Crippen LogP contribution in [0, 0.1) is 4.84 Å². The van der Waals surface area contributed by atoms with Crippen molar-refractivity contribution in [3.05, 3.63) is 59.1 Å². The zero-order chi connectivity index (χ0) is 17.1. The molecule has 0 aliphatic carbocycles. The number of nitrogens with one attached hydrogen (secondary N) is 1. The van der Waals surface area contributed by atoms with Gasteiger partial charge in [0.2, 0.25) is 5.89 Å². The van der Waals surface area contributed by atoms with E-state index in [0.29, 0.717) is 22.8 Å². The molecule has 0 atom stereocenters. The summed E-state index contributed by atoms with van der Waals surface area (Å²) in [7, 11) is 0. The molecule has 2 aromatic heterocycles. The van der Waals surface area contributed by atoms with Gasteiger partial charge in [-0.05, 0) is 23.7 Å². The maximum atomic E-state index is 5.83. The minimum Gasteiger partial charge on any atom is -0.483 e. The fourth-order valence-corrected chi connectivity index (χ4v) is 3.03. The van der Waals surface area contributed by atoms with Crippen molar-refractivity contribution >= 4 is 34.8 Å². The summed E-state index contributed by atoms with van der Waals surface area (Å²) in [6.45, 7) is 0.199. The first-order valence-electron chi connectivity index (χ1n) is 7.38. The van der Waals surface area contributed by atoms with Gasteiger partial charge in [0.15, 0.2) is 6.61 Å². The maximum Gasteiger partial charge on any atom is 0.284 e. The predicted molar refractivity (Wildman–Crippen MR) is 93.8 cm³/mol. The Morgan fingerprint density at radius 1 is 1.04 bits per heavy atom. The molecule has 9 heteroatoms. The summed E-state index contributed by atoms with van der Waals surface area (Å²) in [5.41, 5.74) is 0. The molecule has 1 N–H and O–H groups in total. The van der Waals surface area contributed by atoms with Crippen molar-refractivity contribution in [3.8, 4) is 5.75 Å². The topological polar surface area (TPSA) is 90.0 Å².